The summed E-state index contributed by atoms with van der Waals surface area (Å²) in [6, 6.07) is 16.2. The fourth-order valence-electron chi connectivity index (χ4n) is 4.41. The van der Waals surface area contributed by atoms with Crippen molar-refractivity contribution in [3.63, 3.8) is 0 Å². The number of aryl methyl sites for hydroxylation is 3. The first-order valence-corrected chi connectivity index (χ1v) is 11.2. The number of hydrogen-bond donors (Lipinski definition) is 0. The van der Waals surface area contributed by atoms with Gasteiger partial charge in [0, 0.05) is 37.7 Å². The molecule has 2 aromatic rings. The van der Waals surface area contributed by atoms with Crippen molar-refractivity contribution >= 4 is 11.8 Å². The lowest BCUT2D eigenvalue weighted by Crippen LogP contribution is -2.49. The summed E-state index contributed by atoms with van der Waals surface area (Å²) >= 11 is 0. The number of amides is 2. The third-order valence-corrected chi connectivity index (χ3v) is 6.10. The molecule has 160 valence electrons. The Labute approximate surface area is 180 Å². The molecule has 30 heavy (non-hydrogen) atoms. The highest BCUT2D eigenvalue weighted by molar-refractivity contribution is 5.94. The summed E-state index contributed by atoms with van der Waals surface area (Å²) in [5.41, 5.74) is 4.52. The van der Waals surface area contributed by atoms with Gasteiger partial charge in [0.15, 0.2) is 0 Å². The Balaban J connectivity index is 1.57. The lowest BCUT2D eigenvalue weighted by atomic mass is 9.99. The lowest BCUT2D eigenvalue weighted by Gasteiger charge is -2.38. The molecule has 1 saturated heterocycles. The predicted octanol–water partition coefficient (Wildman–Crippen LogP) is 4.78. The second-order valence-corrected chi connectivity index (χ2v) is 8.41. The van der Waals surface area contributed by atoms with Crippen molar-refractivity contribution in [2.75, 3.05) is 19.6 Å². The first kappa shape index (κ1) is 22.1. The van der Waals surface area contributed by atoms with E-state index in [2.05, 4.69) is 43.9 Å². The van der Waals surface area contributed by atoms with Crippen molar-refractivity contribution in [3.8, 4) is 0 Å². The SMILES string of the molecule is CCCN(C(=O)CCc1ccc(C)cc1C)C1CCN(C(=O)c2ccccc2)CC1. The summed E-state index contributed by atoms with van der Waals surface area (Å²) < 4.78 is 0. The van der Waals surface area contributed by atoms with Crippen LogP contribution >= 0.6 is 0 Å². The van der Waals surface area contributed by atoms with Crippen molar-refractivity contribution in [2.24, 2.45) is 0 Å². The zero-order valence-corrected chi connectivity index (χ0v) is 18.6. The molecule has 0 saturated carbocycles. The van der Waals surface area contributed by atoms with E-state index in [1.54, 1.807) is 0 Å². The highest BCUT2D eigenvalue weighted by atomic mass is 16.2. The fourth-order valence-corrected chi connectivity index (χ4v) is 4.41. The zero-order chi connectivity index (χ0) is 21.5. The van der Waals surface area contributed by atoms with Crippen molar-refractivity contribution in [3.05, 3.63) is 70.8 Å². The highest BCUT2D eigenvalue weighted by Gasteiger charge is 2.29. The van der Waals surface area contributed by atoms with Gasteiger partial charge in [-0.1, -0.05) is 48.9 Å². The van der Waals surface area contributed by atoms with E-state index in [1.165, 1.54) is 16.7 Å². The Morgan fingerprint density at radius 2 is 1.73 bits per heavy atom. The average Bonchev–Trinajstić information content (AvgIpc) is 2.77. The molecule has 0 atom stereocenters. The van der Waals surface area contributed by atoms with Crippen LogP contribution in [0.25, 0.3) is 0 Å². The first-order chi connectivity index (χ1) is 14.5. The molecule has 0 bridgehead atoms. The van der Waals surface area contributed by atoms with E-state index < -0.39 is 0 Å². The van der Waals surface area contributed by atoms with Gasteiger partial charge >= 0.3 is 0 Å². The summed E-state index contributed by atoms with van der Waals surface area (Å²) in [5, 5.41) is 0. The van der Waals surface area contributed by atoms with Gasteiger partial charge in [0.05, 0.1) is 0 Å². The van der Waals surface area contributed by atoms with Crippen LogP contribution in [-0.4, -0.2) is 47.3 Å². The van der Waals surface area contributed by atoms with Crippen LogP contribution in [0.1, 0.15) is 59.7 Å². The van der Waals surface area contributed by atoms with Crippen LogP contribution in [-0.2, 0) is 11.2 Å². The molecule has 4 nitrogen and oxygen atoms in total. The summed E-state index contributed by atoms with van der Waals surface area (Å²) in [4.78, 5) is 29.8. The number of carbonyl (C=O) groups is 2. The molecule has 0 spiro atoms. The molecule has 1 aliphatic heterocycles. The molecule has 1 fully saturated rings. The fraction of sp³-hybridized carbons (Fsp3) is 0.462. The van der Waals surface area contributed by atoms with E-state index in [0.29, 0.717) is 19.5 Å². The van der Waals surface area contributed by atoms with Crippen LogP contribution in [0.2, 0.25) is 0 Å². The second kappa shape index (κ2) is 10.4. The smallest absolute Gasteiger partial charge is 0.253 e. The molecule has 0 aromatic heterocycles. The number of benzene rings is 2. The summed E-state index contributed by atoms with van der Waals surface area (Å²) in [7, 11) is 0. The van der Waals surface area contributed by atoms with Gasteiger partial charge in [0.25, 0.3) is 5.91 Å². The maximum absolute atomic E-state index is 13.1. The third-order valence-electron chi connectivity index (χ3n) is 6.10. The van der Waals surface area contributed by atoms with Gasteiger partial charge < -0.3 is 9.80 Å². The lowest BCUT2D eigenvalue weighted by molar-refractivity contribution is -0.134. The Morgan fingerprint density at radius 3 is 2.37 bits per heavy atom. The van der Waals surface area contributed by atoms with E-state index in [9.17, 15) is 9.59 Å². The molecular weight excluding hydrogens is 372 g/mol. The zero-order valence-electron chi connectivity index (χ0n) is 18.6. The molecule has 2 aromatic carbocycles. The number of rotatable bonds is 7. The summed E-state index contributed by atoms with van der Waals surface area (Å²) in [6.07, 6.45) is 4.00. The maximum Gasteiger partial charge on any atom is 0.253 e. The largest absolute Gasteiger partial charge is 0.340 e. The third kappa shape index (κ3) is 5.50. The van der Waals surface area contributed by atoms with Crippen molar-refractivity contribution in [2.45, 2.75) is 58.9 Å². The molecule has 0 aliphatic carbocycles. The molecule has 2 amide bonds. The predicted molar refractivity (Wildman–Crippen MR) is 122 cm³/mol. The molecule has 3 rings (SSSR count). The van der Waals surface area contributed by atoms with Gasteiger partial charge in [0.1, 0.15) is 0 Å². The minimum Gasteiger partial charge on any atom is -0.340 e. The molecule has 0 N–H and O–H groups in total. The van der Waals surface area contributed by atoms with Crippen LogP contribution in [0, 0.1) is 13.8 Å². The van der Waals surface area contributed by atoms with E-state index in [4.69, 9.17) is 0 Å². The van der Waals surface area contributed by atoms with Crippen molar-refractivity contribution in [1.82, 2.24) is 9.80 Å². The van der Waals surface area contributed by atoms with E-state index in [1.807, 2.05) is 35.2 Å². The highest BCUT2D eigenvalue weighted by Crippen LogP contribution is 2.21. The van der Waals surface area contributed by atoms with Gasteiger partial charge in [0.2, 0.25) is 5.91 Å². The van der Waals surface area contributed by atoms with Crippen LogP contribution in [0.4, 0.5) is 0 Å². The molecule has 0 unspecified atom stereocenters. The Bertz CT molecular complexity index is 855. The van der Waals surface area contributed by atoms with E-state index in [-0.39, 0.29) is 17.9 Å². The Morgan fingerprint density at radius 1 is 1.03 bits per heavy atom. The van der Waals surface area contributed by atoms with Crippen molar-refractivity contribution in [1.29, 1.82) is 0 Å². The molecule has 0 radical (unpaired) electrons. The molecular formula is C26H34N2O2. The quantitative estimate of drug-likeness (QED) is 0.664. The Kier molecular flexibility index (Phi) is 7.67. The standard InChI is InChI=1S/C26H34N2O2/c1-4-16-28(25(29)13-12-22-11-10-20(2)19-21(22)3)24-14-17-27(18-15-24)26(30)23-8-6-5-7-9-23/h5-11,19,24H,4,12-18H2,1-3H3. The molecule has 1 heterocycles. The number of likely N-dealkylation sites (tertiary alicyclic amines) is 1. The number of piperidine rings is 1. The van der Waals surface area contributed by atoms with Gasteiger partial charge in [-0.3, -0.25) is 9.59 Å². The second-order valence-electron chi connectivity index (χ2n) is 8.41. The van der Waals surface area contributed by atoms with Crippen molar-refractivity contribution < 1.29 is 9.59 Å². The monoisotopic (exact) mass is 406 g/mol. The van der Waals surface area contributed by atoms with E-state index in [0.717, 1.165) is 37.8 Å². The molecule has 4 heteroatoms. The van der Waals surface area contributed by atoms with Crippen LogP contribution in [0.15, 0.2) is 48.5 Å². The van der Waals surface area contributed by atoms with Crippen LogP contribution in [0.5, 0.6) is 0 Å². The van der Waals surface area contributed by atoms with Gasteiger partial charge in [-0.2, -0.15) is 0 Å². The molecule has 1 aliphatic rings. The average molecular weight is 407 g/mol. The van der Waals surface area contributed by atoms with Gasteiger partial charge in [-0.05, 0) is 62.8 Å². The van der Waals surface area contributed by atoms with Gasteiger partial charge in [-0.25, -0.2) is 0 Å². The van der Waals surface area contributed by atoms with E-state index >= 15 is 0 Å². The minimum absolute atomic E-state index is 0.0947. The number of hydrogen-bond acceptors (Lipinski definition) is 2. The first-order valence-electron chi connectivity index (χ1n) is 11.2. The minimum atomic E-state index is 0.0947. The number of carbonyl (C=O) groups excluding carboxylic acids is 2. The maximum atomic E-state index is 13.1. The Hall–Kier alpha value is -2.62. The van der Waals surface area contributed by atoms with Gasteiger partial charge in [-0.15, -0.1) is 0 Å². The summed E-state index contributed by atoms with van der Waals surface area (Å²) in [5.74, 6) is 0.335. The van der Waals surface area contributed by atoms with Crippen LogP contribution in [0.3, 0.4) is 0 Å². The topological polar surface area (TPSA) is 40.6 Å². The van der Waals surface area contributed by atoms with Crippen LogP contribution < -0.4 is 0 Å². The normalized spacial score (nSPS) is 14.6. The summed E-state index contributed by atoms with van der Waals surface area (Å²) in [6.45, 7) is 8.56. The number of nitrogens with zero attached hydrogens (tertiary/aromatic N) is 2.